The van der Waals surface area contributed by atoms with E-state index in [1.165, 1.54) is 30.5 Å². The number of phenols is 1. The minimum Gasteiger partial charge on any atom is -0.507 e. The van der Waals surface area contributed by atoms with E-state index in [-0.39, 0.29) is 40.1 Å². The van der Waals surface area contributed by atoms with Crippen molar-refractivity contribution in [2.45, 2.75) is 64.6 Å². The number of carbonyl (C=O) groups excluding carboxylic acids is 2. The van der Waals surface area contributed by atoms with Gasteiger partial charge < -0.3 is 19.5 Å². The number of ketones is 1. The monoisotopic (exact) mass is 583 g/mol. The second-order valence-corrected chi connectivity index (χ2v) is 11.6. The summed E-state index contributed by atoms with van der Waals surface area (Å²) in [6, 6.07) is 17.9. The molecule has 0 radical (unpaired) electrons. The van der Waals surface area contributed by atoms with Gasteiger partial charge in [-0.1, -0.05) is 63.2 Å². The first-order chi connectivity index (χ1) is 19.4. The highest BCUT2D eigenvalue weighted by molar-refractivity contribution is 6.00. The van der Waals surface area contributed by atoms with Crippen LogP contribution in [0.1, 0.15) is 67.9 Å². The van der Waals surface area contributed by atoms with E-state index in [2.05, 4.69) is 0 Å². The number of aliphatic hydroxyl groups is 1. The molecule has 11 heteroatoms. The Balaban J connectivity index is 1.99. The molecule has 1 unspecified atom stereocenters. The Labute approximate surface area is 240 Å². The van der Waals surface area contributed by atoms with Gasteiger partial charge in [0.2, 0.25) is 17.6 Å². The summed E-state index contributed by atoms with van der Waals surface area (Å²) in [4.78, 5) is 26.3. The van der Waals surface area contributed by atoms with Crippen LogP contribution >= 0.6 is 0 Å². The van der Waals surface area contributed by atoms with Crippen LogP contribution in [0.25, 0.3) is 11.0 Å². The smallest absolute Gasteiger partial charge is 0.491 e. The molecule has 1 heterocycles. The van der Waals surface area contributed by atoms with Crippen LogP contribution in [0.15, 0.2) is 66.7 Å². The number of hydrogen-bond donors (Lipinski definition) is 3. The van der Waals surface area contributed by atoms with Crippen molar-refractivity contribution in [2.75, 3.05) is 0 Å². The summed E-state index contributed by atoms with van der Waals surface area (Å²) in [5.74, 6) is -3.96. The first-order valence-corrected chi connectivity index (χ1v) is 13.1. The summed E-state index contributed by atoms with van der Waals surface area (Å²) < 4.78 is 47.7. The fourth-order valence-corrected chi connectivity index (χ4v) is 4.77. The van der Waals surface area contributed by atoms with Gasteiger partial charge in [-0.3, -0.25) is 14.8 Å². The molecule has 4 rings (SSSR count). The fourth-order valence-electron chi connectivity index (χ4n) is 4.77. The van der Waals surface area contributed by atoms with Crippen molar-refractivity contribution < 1.29 is 37.7 Å². The number of aromatic hydroxyl groups is 1. The van der Waals surface area contributed by atoms with Crippen molar-refractivity contribution in [3.8, 4) is 5.75 Å². The van der Waals surface area contributed by atoms with Crippen molar-refractivity contribution in [1.29, 1.82) is 5.41 Å². The van der Waals surface area contributed by atoms with Gasteiger partial charge >= 0.3 is 12.1 Å². The number of imidazole rings is 1. The van der Waals surface area contributed by atoms with E-state index in [0.29, 0.717) is 5.52 Å². The van der Waals surface area contributed by atoms with Gasteiger partial charge in [-0.15, -0.1) is 0 Å². The molecule has 0 amide bonds. The maximum atomic E-state index is 14.1. The number of alkyl halides is 3. The molecule has 0 saturated carbocycles. The van der Waals surface area contributed by atoms with Crippen LogP contribution in [0.3, 0.4) is 0 Å². The van der Waals surface area contributed by atoms with Crippen LogP contribution in [0.4, 0.5) is 13.2 Å². The van der Waals surface area contributed by atoms with Crippen LogP contribution in [0.5, 0.6) is 5.75 Å². The van der Waals surface area contributed by atoms with Gasteiger partial charge in [0.25, 0.3) is 0 Å². The second kappa shape index (κ2) is 10.8. The van der Waals surface area contributed by atoms with Gasteiger partial charge in [-0.05, 0) is 49.1 Å². The molecule has 0 saturated heterocycles. The fraction of sp³-hybridized carbons (Fsp3) is 0.323. The highest BCUT2D eigenvalue weighted by atomic mass is 19.4. The molecule has 0 fully saturated rings. The quantitative estimate of drug-likeness (QED) is 0.191. The number of esters is 1. The molecule has 0 spiro atoms. The standard InChI is InChI=1S/C31H32F3N3O5/c1-29(2,3)20-15-19(16-21(25(20)39)30(4,5)41)24(38)26(42-27(40)31(32,33)34)37-23-14-10-9-13-22(23)36(28(37)35)17-18-11-7-6-8-12-18/h6-16,26,35,39,41H,17H2,1-5H3. The zero-order valence-corrected chi connectivity index (χ0v) is 23.8. The summed E-state index contributed by atoms with van der Waals surface area (Å²) in [6.07, 6.45) is -7.66. The summed E-state index contributed by atoms with van der Waals surface area (Å²) in [5, 5.41) is 30.7. The Morgan fingerprint density at radius 1 is 0.905 bits per heavy atom. The molecule has 3 N–H and O–H groups in total. The van der Waals surface area contributed by atoms with E-state index >= 15 is 0 Å². The van der Waals surface area contributed by atoms with Crippen molar-refractivity contribution in [3.05, 3.63) is 94.6 Å². The number of ether oxygens (including phenoxy) is 1. The average molecular weight is 584 g/mol. The lowest BCUT2D eigenvalue weighted by atomic mass is 9.81. The van der Waals surface area contributed by atoms with E-state index in [0.717, 1.165) is 16.2 Å². The van der Waals surface area contributed by atoms with Gasteiger partial charge in [0, 0.05) is 16.7 Å². The van der Waals surface area contributed by atoms with E-state index in [4.69, 9.17) is 10.1 Å². The minimum atomic E-state index is -5.42. The molecule has 4 aromatic rings. The number of halogens is 3. The topological polar surface area (TPSA) is 118 Å². The first kappa shape index (κ1) is 30.6. The van der Waals surface area contributed by atoms with E-state index in [1.54, 1.807) is 51.1 Å². The van der Waals surface area contributed by atoms with Crippen molar-refractivity contribution in [1.82, 2.24) is 9.13 Å². The summed E-state index contributed by atoms with van der Waals surface area (Å²) in [7, 11) is 0. The number of carbonyl (C=O) groups is 2. The minimum absolute atomic E-state index is 0.0400. The number of fused-ring (bicyclic) bond motifs is 1. The number of Topliss-reactive ketones (excluding diaryl/α,β-unsaturated/α-hetero) is 1. The van der Waals surface area contributed by atoms with Crippen LogP contribution < -0.4 is 5.62 Å². The molecule has 1 aromatic heterocycles. The average Bonchev–Trinajstić information content (AvgIpc) is 3.16. The van der Waals surface area contributed by atoms with Gasteiger partial charge in [0.05, 0.1) is 23.2 Å². The Hall–Kier alpha value is -4.38. The zero-order valence-electron chi connectivity index (χ0n) is 23.8. The second-order valence-electron chi connectivity index (χ2n) is 11.6. The Bertz CT molecular complexity index is 1670. The third kappa shape index (κ3) is 5.96. The number of nitrogens with one attached hydrogen (secondary N) is 1. The molecule has 0 aliphatic heterocycles. The molecule has 0 aliphatic rings. The van der Waals surface area contributed by atoms with E-state index in [9.17, 15) is 33.0 Å². The third-order valence-corrected chi connectivity index (χ3v) is 6.87. The maximum Gasteiger partial charge on any atom is 0.491 e. The number of rotatable bonds is 7. The lowest BCUT2D eigenvalue weighted by Crippen LogP contribution is -2.38. The lowest BCUT2D eigenvalue weighted by molar-refractivity contribution is -0.206. The predicted octanol–water partition coefficient (Wildman–Crippen LogP) is 5.69. The number of phenolic OH excluding ortho intramolecular Hbond substituents is 1. The van der Waals surface area contributed by atoms with Crippen molar-refractivity contribution in [3.63, 3.8) is 0 Å². The zero-order chi connectivity index (χ0) is 31.2. The summed E-state index contributed by atoms with van der Waals surface area (Å²) in [6.45, 7) is 8.17. The number of benzene rings is 3. The Morgan fingerprint density at radius 3 is 2.00 bits per heavy atom. The van der Waals surface area contributed by atoms with Gasteiger partial charge in [0.1, 0.15) is 5.75 Å². The van der Waals surface area contributed by atoms with Crippen molar-refractivity contribution in [2.24, 2.45) is 0 Å². The SMILES string of the molecule is CC(C)(C)c1cc(C(=O)C(OC(=O)C(F)(F)F)n2c(=N)n(Cc3ccccc3)c3ccccc32)cc(C(C)(C)O)c1O. The molecule has 0 aliphatic carbocycles. The Kier molecular flexibility index (Phi) is 7.86. The van der Waals surface area contributed by atoms with Gasteiger partial charge in [0.15, 0.2) is 0 Å². The van der Waals surface area contributed by atoms with Gasteiger partial charge in [-0.25, -0.2) is 4.79 Å². The number of hydrogen-bond acceptors (Lipinski definition) is 6. The molecule has 42 heavy (non-hydrogen) atoms. The van der Waals surface area contributed by atoms with Crippen molar-refractivity contribution >= 4 is 22.8 Å². The lowest BCUT2D eigenvalue weighted by Gasteiger charge is -2.28. The molecule has 0 bridgehead atoms. The molecule has 222 valence electrons. The third-order valence-electron chi connectivity index (χ3n) is 6.87. The molecule has 8 nitrogen and oxygen atoms in total. The van der Waals surface area contributed by atoms with Crippen LogP contribution in [-0.4, -0.2) is 37.3 Å². The summed E-state index contributed by atoms with van der Waals surface area (Å²) in [5.41, 5.74) is -1.40. The van der Waals surface area contributed by atoms with Crippen LogP contribution in [0.2, 0.25) is 0 Å². The highest BCUT2D eigenvalue weighted by Crippen LogP contribution is 2.40. The van der Waals surface area contributed by atoms with E-state index < -0.39 is 35.2 Å². The normalized spacial score (nSPS) is 13.3. The van der Waals surface area contributed by atoms with Crippen LogP contribution in [-0.2, 0) is 27.1 Å². The number of nitrogens with zero attached hydrogens (tertiary/aromatic N) is 2. The first-order valence-electron chi connectivity index (χ1n) is 13.1. The summed E-state index contributed by atoms with van der Waals surface area (Å²) >= 11 is 0. The predicted molar refractivity (Wildman–Crippen MR) is 149 cm³/mol. The number of aromatic nitrogens is 2. The maximum absolute atomic E-state index is 14.1. The Morgan fingerprint density at radius 2 is 1.45 bits per heavy atom. The molecular formula is C31H32F3N3O5. The van der Waals surface area contributed by atoms with Crippen LogP contribution in [0, 0.1) is 5.41 Å². The number of para-hydroxylation sites is 2. The molecular weight excluding hydrogens is 551 g/mol. The van der Waals surface area contributed by atoms with Gasteiger partial charge in [-0.2, -0.15) is 13.2 Å². The van der Waals surface area contributed by atoms with E-state index in [1.807, 2.05) is 18.2 Å². The molecule has 1 atom stereocenters. The highest BCUT2D eigenvalue weighted by Gasteiger charge is 2.45. The molecule has 3 aromatic carbocycles. The largest absolute Gasteiger partial charge is 0.507 e.